The number of carbonyl (C=O) groups is 1. The molecule has 0 saturated heterocycles. The highest BCUT2D eigenvalue weighted by atomic mass is 32.1. The number of amides is 1. The monoisotopic (exact) mass is 348 g/mol. The summed E-state index contributed by atoms with van der Waals surface area (Å²) in [6, 6.07) is 16.5. The van der Waals surface area contributed by atoms with Gasteiger partial charge in [0.1, 0.15) is 5.01 Å². The van der Waals surface area contributed by atoms with E-state index >= 15 is 0 Å². The van der Waals surface area contributed by atoms with Crippen LogP contribution in [0.1, 0.15) is 18.1 Å². The predicted molar refractivity (Wildman–Crippen MR) is 104 cm³/mol. The first-order valence-electron chi connectivity index (χ1n) is 8.08. The fourth-order valence-corrected chi connectivity index (χ4v) is 3.20. The first-order chi connectivity index (χ1) is 12.0. The van der Waals surface area contributed by atoms with Crippen molar-refractivity contribution in [2.45, 2.75) is 20.4 Å². The Morgan fingerprint density at radius 2 is 1.72 bits per heavy atom. The van der Waals surface area contributed by atoms with Crippen LogP contribution in [0.4, 0.5) is 0 Å². The third kappa shape index (κ3) is 4.22. The summed E-state index contributed by atoms with van der Waals surface area (Å²) in [4.78, 5) is 16.3. The van der Waals surface area contributed by atoms with Crippen molar-refractivity contribution in [3.8, 4) is 21.8 Å². The summed E-state index contributed by atoms with van der Waals surface area (Å²) in [6.45, 7) is 7.91. The number of carbonyl (C=O) groups excluding carboxylic acids is 1. The van der Waals surface area contributed by atoms with Gasteiger partial charge in [-0.15, -0.1) is 11.3 Å². The van der Waals surface area contributed by atoms with E-state index in [0.717, 1.165) is 27.4 Å². The third-order valence-corrected chi connectivity index (χ3v) is 4.78. The summed E-state index contributed by atoms with van der Waals surface area (Å²) in [7, 11) is 0. The Morgan fingerprint density at radius 3 is 2.36 bits per heavy atom. The Balaban J connectivity index is 1.71. The number of thiazole rings is 1. The summed E-state index contributed by atoms with van der Waals surface area (Å²) < 4.78 is 0. The number of rotatable bonds is 5. The lowest BCUT2D eigenvalue weighted by Crippen LogP contribution is -2.22. The lowest BCUT2D eigenvalue weighted by atomic mass is 10.1. The minimum absolute atomic E-state index is 0.119. The van der Waals surface area contributed by atoms with Crippen LogP contribution in [0.15, 0.2) is 66.1 Å². The molecule has 0 aliphatic heterocycles. The van der Waals surface area contributed by atoms with Crippen LogP contribution in [-0.4, -0.2) is 10.9 Å². The van der Waals surface area contributed by atoms with Crippen LogP contribution in [0, 0.1) is 6.92 Å². The maximum Gasteiger partial charge on any atom is 0.246 e. The van der Waals surface area contributed by atoms with E-state index in [-0.39, 0.29) is 5.91 Å². The molecule has 0 aliphatic rings. The number of nitrogens with one attached hydrogen (secondary N) is 1. The van der Waals surface area contributed by atoms with Crippen LogP contribution in [0.3, 0.4) is 0 Å². The van der Waals surface area contributed by atoms with Gasteiger partial charge in [-0.05, 0) is 19.4 Å². The molecule has 1 heterocycles. The largest absolute Gasteiger partial charge is 0.348 e. The lowest BCUT2D eigenvalue weighted by Gasteiger charge is -2.05. The molecule has 4 heteroatoms. The highest BCUT2D eigenvalue weighted by Gasteiger charge is 2.07. The van der Waals surface area contributed by atoms with Gasteiger partial charge in [-0.25, -0.2) is 4.98 Å². The van der Waals surface area contributed by atoms with Crippen molar-refractivity contribution in [1.29, 1.82) is 0 Å². The molecular weight excluding hydrogens is 328 g/mol. The van der Waals surface area contributed by atoms with Gasteiger partial charge in [0.15, 0.2) is 0 Å². The van der Waals surface area contributed by atoms with Crippen molar-refractivity contribution in [1.82, 2.24) is 10.3 Å². The normalized spacial score (nSPS) is 10.5. The van der Waals surface area contributed by atoms with Crippen molar-refractivity contribution in [3.05, 3.63) is 77.2 Å². The van der Waals surface area contributed by atoms with Crippen molar-refractivity contribution in [3.63, 3.8) is 0 Å². The zero-order valence-electron chi connectivity index (χ0n) is 14.4. The SMILES string of the molecule is C=C(C)C(=O)NCc1ccc(-c2nc(-c3ccc(C)cc3)cs2)cc1. The van der Waals surface area contributed by atoms with Crippen molar-refractivity contribution in [2.24, 2.45) is 0 Å². The standard InChI is InChI=1S/C21H20N2OS/c1-14(2)20(24)22-12-16-6-10-18(11-7-16)21-23-19(13-25-21)17-8-4-15(3)5-9-17/h4-11,13H,1,12H2,2-3H3,(H,22,24). The number of aromatic nitrogens is 1. The Bertz CT molecular complexity index is 892. The van der Waals surface area contributed by atoms with Gasteiger partial charge >= 0.3 is 0 Å². The summed E-state index contributed by atoms with van der Waals surface area (Å²) >= 11 is 1.64. The number of hydrogen-bond acceptors (Lipinski definition) is 3. The van der Waals surface area contributed by atoms with Gasteiger partial charge in [0.25, 0.3) is 0 Å². The van der Waals surface area contributed by atoms with Crippen LogP contribution in [0.5, 0.6) is 0 Å². The van der Waals surface area contributed by atoms with E-state index in [9.17, 15) is 4.79 Å². The molecule has 1 N–H and O–H groups in total. The minimum atomic E-state index is -0.119. The second-order valence-corrected chi connectivity index (χ2v) is 6.92. The average Bonchev–Trinajstić information content (AvgIpc) is 3.10. The first kappa shape index (κ1) is 17.1. The Labute approximate surface area is 152 Å². The molecule has 0 saturated carbocycles. The zero-order chi connectivity index (χ0) is 17.8. The van der Waals surface area contributed by atoms with E-state index in [4.69, 9.17) is 4.98 Å². The fourth-order valence-electron chi connectivity index (χ4n) is 2.36. The molecular formula is C21H20N2OS. The number of aryl methyl sites for hydroxylation is 1. The fraction of sp³-hybridized carbons (Fsp3) is 0.143. The number of nitrogens with zero attached hydrogens (tertiary/aromatic N) is 1. The molecule has 25 heavy (non-hydrogen) atoms. The maximum absolute atomic E-state index is 11.5. The highest BCUT2D eigenvalue weighted by Crippen LogP contribution is 2.29. The average molecular weight is 348 g/mol. The molecule has 0 atom stereocenters. The topological polar surface area (TPSA) is 42.0 Å². The van der Waals surface area contributed by atoms with Crippen LogP contribution >= 0.6 is 11.3 Å². The zero-order valence-corrected chi connectivity index (χ0v) is 15.2. The molecule has 3 nitrogen and oxygen atoms in total. The van der Waals surface area contributed by atoms with Gasteiger partial charge in [-0.1, -0.05) is 60.7 Å². The molecule has 1 aromatic heterocycles. The van der Waals surface area contributed by atoms with Gasteiger partial charge in [0, 0.05) is 28.6 Å². The van der Waals surface area contributed by atoms with Gasteiger partial charge < -0.3 is 5.32 Å². The molecule has 0 radical (unpaired) electrons. The molecule has 0 unspecified atom stereocenters. The molecule has 0 bridgehead atoms. The number of hydrogen-bond donors (Lipinski definition) is 1. The van der Waals surface area contributed by atoms with Crippen LogP contribution in [-0.2, 0) is 11.3 Å². The van der Waals surface area contributed by atoms with Crippen LogP contribution in [0.25, 0.3) is 21.8 Å². The van der Waals surface area contributed by atoms with Gasteiger partial charge in [0.2, 0.25) is 5.91 Å². The first-order valence-corrected chi connectivity index (χ1v) is 8.96. The van der Waals surface area contributed by atoms with Crippen molar-refractivity contribution < 1.29 is 4.79 Å². The second-order valence-electron chi connectivity index (χ2n) is 6.06. The molecule has 0 spiro atoms. The van der Waals surface area contributed by atoms with E-state index in [1.807, 2.05) is 24.3 Å². The van der Waals surface area contributed by atoms with Gasteiger partial charge in [-0.3, -0.25) is 4.79 Å². The van der Waals surface area contributed by atoms with E-state index in [1.54, 1.807) is 18.3 Å². The Hall–Kier alpha value is -2.72. The predicted octanol–water partition coefficient (Wildman–Crippen LogP) is 4.98. The summed E-state index contributed by atoms with van der Waals surface area (Å²) in [6.07, 6.45) is 0. The van der Waals surface area contributed by atoms with Gasteiger partial charge in [-0.2, -0.15) is 0 Å². The highest BCUT2D eigenvalue weighted by molar-refractivity contribution is 7.13. The molecule has 1 amide bonds. The summed E-state index contributed by atoms with van der Waals surface area (Å²) in [5, 5.41) is 5.91. The van der Waals surface area contributed by atoms with Crippen LogP contribution < -0.4 is 5.32 Å². The van der Waals surface area contributed by atoms with Crippen molar-refractivity contribution >= 4 is 17.2 Å². The van der Waals surface area contributed by atoms with E-state index in [1.165, 1.54) is 5.56 Å². The molecule has 3 aromatic rings. The molecule has 126 valence electrons. The second kappa shape index (κ2) is 7.45. The Kier molecular flexibility index (Phi) is 5.10. The maximum atomic E-state index is 11.5. The van der Waals surface area contributed by atoms with E-state index in [2.05, 4.69) is 48.5 Å². The molecule has 3 rings (SSSR count). The van der Waals surface area contributed by atoms with Crippen LogP contribution in [0.2, 0.25) is 0 Å². The quantitative estimate of drug-likeness (QED) is 0.661. The third-order valence-electron chi connectivity index (χ3n) is 3.89. The summed E-state index contributed by atoms with van der Waals surface area (Å²) in [5.74, 6) is -0.119. The molecule has 2 aromatic carbocycles. The van der Waals surface area contributed by atoms with E-state index in [0.29, 0.717) is 12.1 Å². The Morgan fingerprint density at radius 1 is 1.08 bits per heavy atom. The van der Waals surface area contributed by atoms with Gasteiger partial charge in [0.05, 0.1) is 5.69 Å². The van der Waals surface area contributed by atoms with E-state index < -0.39 is 0 Å². The molecule has 0 fully saturated rings. The minimum Gasteiger partial charge on any atom is -0.348 e. The number of benzene rings is 2. The molecule has 0 aliphatic carbocycles. The summed E-state index contributed by atoms with van der Waals surface area (Å²) in [5.41, 5.74) is 6.02. The van der Waals surface area contributed by atoms with Crippen molar-refractivity contribution in [2.75, 3.05) is 0 Å². The lowest BCUT2D eigenvalue weighted by molar-refractivity contribution is -0.117. The smallest absolute Gasteiger partial charge is 0.246 e.